The molecule has 5 rings (SSSR count). The molecule has 5 heteroatoms. The SMILES string of the molecule is c1ccc(N2CCN(c3nc4ncccc4n4cccc34)CC2)cc1. The minimum atomic E-state index is 0.798. The molecule has 0 amide bonds. The van der Waals surface area contributed by atoms with E-state index in [4.69, 9.17) is 4.98 Å². The predicted octanol–water partition coefficient (Wildman–Crippen LogP) is 3.21. The Kier molecular flexibility index (Phi) is 3.30. The number of para-hydroxylation sites is 1. The van der Waals surface area contributed by atoms with E-state index in [1.165, 1.54) is 5.69 Å². The summed E-state index contributed by atoms with van der Waals surface area (Å²) < 4.78 is 2.19. The zero-order valence-corrected chi connectivity index (χ0v) is 13.9. The fraction of sp³-hybridized carbons (Fsp3) is 0.200. The van der Waals surface area contributed by atoms with Gasteiger partial charge in [-0.3, -0.25) is 0 Å². The summed E-state index contributed by atoms with van der Waals surface area (Å²) in [5.74, 6) is 1.03. The van der Waals surface area contributed by atoms with Gasteiger partial charge in [-0.05, 0) is 36.4 Å². The van der Waals surface area contributed by atoms with Gasteiger partial charge in [0.25, 0.3) is 0 Å². The molecular formula is C20H19N5. The third-order valence-corrected chi connectivity index (χ3v) is 4.92. The van der Waals surface area contributed by atoms with Crippen molar-refractivity contribution >= 4 is 28.2 Å². The number of fused-ring (bicyclic) bond motifs is 3. The quantitative estimate of drug-likeness (QED) is 0.566. The van der Waals surface area contributed by atoms with E-state index >= 15 is 0 Å². The number of hydrogen-bond acceptors (Lipinski definition) is 4. The van der Waals surface area contributed by atoms with E-state index in [0.717, 1.165) is 48.7 Å². The van der Waals surface area contributed by atoms with Gasteiger partial charge in [-0.1, -0.05) is 18.2 Å². The van der Waals surface area contributed by atoms with E-state index in [2.05, 4.69) is 73.9 Å². The van der Waals surface area contributed by atoms with Crippen LogP contribution in [0, 0.1) is 0 Å². The van der Waals surface area contributed by atoms with Gasteiger partial charge in [0.2, 0.25) is 0 Å². The van der Waals surface area contributed by atoms with Crippen LogP contribution in [0.3, 0.4) is 0 Å². The lowest BCUT2D eigenvalue weighted by Gasteiger charge is -2.37. The summed E-state index contributed by atoms with van der Waals surface area (Å²) in [5, 5.41) is 0. The minimum Gasteiger partial charge on any atom is -0.368 e. The molecule has 4 aromatic rings. The van der Waals surface area contributed by atoms with Crippen LogP contribution in [0.5, 0.6) is 0 Å². The molecule has 0 spiro atoms. The number of anilines is 2. The molecule has 0 atom stereocenters. The third kappa shape index (κ3) is 2.39. The predicted molar refractivity (Wildman–Crippen MR) is 101 cm³/mol. The largest absolute Gasteiger partial charge is 0.368 e. The van der Waals surface area contributed by atoms with Gasteiger partial charge in [-0.25, -0.2) is 9.97 Å². The standard InChI is InChI=1S/C20H19N5/c1-2-6-16(7-3-1)23-12-14-24(15-13-23)20-18-9-5-11-25(18)17-8-4-10-21-19(17)22-20/h1-11H,12-15H2. The van der Waals surface area contributed by atoms with Crippen molar-refractivity contribution < 1.29 is 0 Å². The second kappa shape index (κ2) is 5.77. The van der Waals surface area contributed by atoms with Crippen LogP contribution in [0.1, 0.15) is 0 Å². The first-order chi connectivity index (χ1) is 12.4. The maximum absolute atomic E-state index is 4.87. The van der Waals surface area contributed by atoms with Crippen molar-refractivity contribution in [2.75, 3.05) is 36.0 Å². The summed E-state index contributed by atoms with van der Waals surface area (Å²) in [5.41, 5.74) is 4.29. The van der Waals surface area contributed by atoms with Gasteiger partial charge >= 0.3 is 0 Å². The number of piperazine rings is 1. The molecule has 1 fully saturated rings. The van der Waals surface area contributed by atoms with Gasteiger partial charge in [0, 0.05) is 44.3 Å². The van der Waals surface area contributed by atoms with Crippen LogP contribution < -0.4 is 9.80 Å². The molecule has 0 unspecified atom stereocenters. The van der Waals surface area contributed by atoms with Crippen LogP contribution in [-0.4, -0.2) is 40.5 Å². The molecule has 5 nitrogen and oxygen atoms in total. The Bertz CT molecular complexity index is 1020. The third-order valence-electron chi connectivity index (χ3n) is 4.92. The van der Waals surface area contributed by atoms with Crippen molar-refractivity contribution in [1.82, 2.24) is 14.4 Å². The Morgan fingerprint density at radius 3 is 2.32 bits per heavy atom. The Morgan fingerprint density at radius 2 is 1.48 bits per heavy atom. The molecule has 0 bridgehead atoms. The topological polar surface area (TPSA) is 36.7 Å². The second-order valence-corrected chi connectivity index (χ2v) is 6.35. The van der Waals surface area contributed by atoms with Crippen molar-refractivity contribution in [2.24, 2.45) is 0 Å². The van der Waals surface area contributed by atoms with Gasteiger partial charge in [-0.2, -0.15) is 0 Å². The molecule has 0 aliphatic carbocycles. The molecule has 0 N–H and O–H groups in total. The summed E-state index contributed by atoms with van der Waals surface area (Å²) >= 11 is 0. The van der Waals surface area contributed by atoms with Gasteiger partial charge in [0.1, 0.15) is 0 Å². The highest BCUT2D eigenvalue weighted by Gasteiger charge is 2.21. The highest BCUT2D eigenvalue weighted by molar-refractivity contribution is 5.82. The summed E-state index contributed by atoms with van der Waals surface area (Å²) in [4.78, 5) is 14.1. The normalized spacial score (nSPS) is 15.2. The van der Waals surface area contributed by atoms with E-state index in [0.29, 0.717) is 0 Å². The first kappa shape index (κ1) is 14.3. The van der Waals surface area contributed by atoms with Crippen LogP contribution >= 0.6 is 0 Å². The van der Waals surface area contributed by atoms with Crippen LogP contribution in [0.2, 0.25) is 0 Å². The van der Waals surface area contributed by atoms with E-state index in [1.807, 2.05) is 12.3 Å². The molecule has 1 saturated heterocycles. The highest BCUT2D eigenvalue weighted by Crippen LogP contribution is 2.26. The van der Waals surface area contributed by atoms with Crippen LogP contribution in [-0.2, 0) is 0 Å². The average molecular weight is 329 g/mol. The Morgan fingerprint density at radius 1 is 0.720 bits per heavy atom. The summed E-state index contributed by atoms with van der Waals surface area (Å²) in [7, 11) is 0. The zero-order chi connectivity index (χ0) is 16.6. The number of pyridine rings is 1. The van der Waals surface area contributed by atoms with E-state index in [9.17, 15) is 0 Å². The monoisotopic (exact) mass is 329 g/mol. The molecule has 3 aromatic heterocycles. The summed E-state index contributed by atoms with van der Waals surface area (Å²) in [6, 6.07) is 18.9. The first-order valence-corrected chi connectivity index (χ1v) is 8.67. The van der Waals surface area contributed by atoms with Gasteiger partial charge in [-0.15, -0.1) is 0 Å². The van der Waals surface area contributed by atoms with Gasteiger partial charge < -0.3 is 14.2 Å². The van der Waals surface area contributed by atoms with Crippen molar-refractivity contribution in [1.29, 1.82) is 0 Å². The Hall–Kier alpha value is -3.08. The lowest BCUT2D eigenvalue weighted by atomic mass is 10.2. The van der Waals surface area contributed by atoms with E-state index in [-0.39, 0.29) is 0 Å². The van der Waals surface area contributed by atoms with Crippen molar-refractivity contribution in [3.05, 3.63) is 67.0 Å². The molecule has 0 saturated carbocycles. The summed E-state index contributed by atoms with van der Waals surface area (Å²) in [6.45, 7) is 3.92. The van der Waals surface area contributed by atoms with Crippen LogP contribution in [0.25, 0.3) is 16.7 Å². The lowest BCUT2D eigenvalue weighted by molar-refractivity contribution is 0.649. The van der Waals surface area contributed by atoms with Gasteiger partial charge in [0.05, 0.1) is 11.0 Å². The molecule has 4 heterocycles. The number of rotatable bonds is 2. The molecule has 0 radical (unpaired) electrons. The average Bonchev–Trinajstić information content (AvgIpc) is 3.18. The summed E-state index contributed by atoms with van der Waals surface area (Å²) in [6.07, 6.45) is 3.90. The van der Waals surface area contributed by atoms with Gasteiger partial charge in [0.15, 0.2) is 11.5 Å². The maximum Gasteiger partial charge on any atom is 0.178 e. The molecule has 1 aromatic carbocycles. The fourth-order valence-corrected chi connectivity index (χ4v) is 3.64. The van der Waals surface area contributed by atoms with Crippen LogP contribution in [0.4, 0.5) is 11.5 Å². The van der Waals surface area contributed by atoms with Crippen LogP contribution in [0.15, 0.2) is 67.0 Å². The number of hydrogen-bond donors (Lipinski definition) is 0. The fourth-order valence-electron chi connectivity index (χ4n) is 3.64. The molecular weight excluding hydrogens is 310 g/mol. The minimum absolute atomic E-state index is 0.798. The van der Waals surface area contributed by atoms with E-state index < -0.39 is 0 Å². The lowest BCUT2D eigenvalue weighted by Crippen LogP contribution is -2.47. The Balaban J connectivity index is 1.49. The number of benzene rings is 1. The maximum atomic E-state index is 4.87. The van der Waals surface area contributed by atoms with Crippen molar-refractivity contribution in [3.8, 4) is 0 Å². The first-order valence-electron chi connectivity index (χ1n) is 8.67. The highest BCUT2D eigenvalue weighted by atomic mass is 15.3. The molecule has 1 aliphatic heterocycles. The zero-order valence-electron chi connectivity index (χ0n) is 13.9. The Labute approximate surface area is 146 Å². The molecule has 124 valence electrons. The van der Waals surface area contributed by atoms with E-state index in [1.54, 1.807) is 0 Å². The second-order valence-electron chi connectivity index (χ2n) is 6.35. The molecule has 1 aliphatic rings. The number of nitrogens with zero attached hydrogens (tertiary/aromatic N) is 5. The smallest absolute Gasteiger partial charge is 0.178 e. The number of aromatic nitrogens is 3. The van der Waals surface area contributed by atoms with Crippen molar-refractivity contribution in [2.45, 2.75) is 0 Å². The molecule has 25 heavy (non-hydrogen) atoms. The van der Waals surface area contributed by atoms with Crippen molar-refractivity contribution in [3.63, 3.8) is 0 Å².